The molecule has 1 aliphatic heterocycles. The van der Waals surface area contributed by atoms with Crippen molar-refractivity contribution in [2.75, 3.05) is 37.6 Å². The van der Waals surface area contributed by atoms with Gasteiger partial charge in [0.15, 0.2) is 5.96 Å². The molecule has 2 aromatic rings. The van der Waals surface area contributed by atoms with Crippen molar-refractivity contribution >= 4 is 11.6 Å². The zero-order chi connectivity index (χ0) is 19.8. The van der Waals surface area contributed by atoms with Crippen LogP contribution in [0.5, 0.6) is 0 Å². The van der Waals surface area contributed by atoms with E-state index < -0.39 is 0 Å². The number of piperazine rings is 1. The van der Waals surface area contributed by atoms with Gasteiger partial charge in [-0.2, -0.15) is 0 Å². The van der Waals surface area contributed by atoms with Crippen molar-refractivity contribution in [1.29, 1.82) is 0 Å². The Balaban J connectivity index is 1.55. The van der Waals surface area contributed by atoms with Gasteiger partial charge >= 0.3 is 0 Å². The second-order valence-corrected chi connectivity index (χ2v) is 7.38. The molecule has 0 amide bonds. The molecule has 3 N–H and O–H groups in total. The Labute approximate surface area is 168 Å². The highest BCUT2D eigenvalue weighted by molar-refractivity contribution is 5.78. The van der Waals surface area contributed by atoms with E-state index in [9.17, 15) is 0 Å². The third kappa shape index (κ3) is 5.86. The molecule has 0 saturated carbocycles. The molecule has 0 bridgehead atoms. The van der Waals surface area contributed by atoms with E-state index in [4.69, 9.17) is 5.73 Å². The molecular formula is C23H31N5. The Kier molecular flexibility index (Phi) is 7.09. The van der Waals surface area contributed by atoms with E-state index in [2.05, 4.69) is 81.3 Å². The van der Waals surface area contributed by atoms with Crippen LogP contribution in [0, 0.1) is 0 Å². The van der Waals surface area contributed by atoms with Gasteiger partial charge in [-0.3, -0.25) is 4.90 Å². The fourth-order valence-electron chi connectivity index (χ4n) is 3.38. The lowest BCUT2D eigenvalue weighted by Crippen LogP contribution is -2.46. The van der Waals surface area contributed by atoms with Gasteiger partial charge in [-0.15, -0.1) is 0 Å². The lowest BCUT2D eigenvalue weighted by molar-refractivity contribution is 0.249. The number of nitrogens with one attached hydrogen (secondary N) is 1. The summed E-state index contributed by atoms with van der Waals surface area (Å²) in [6.45, 7) is 12.3. The average Bonchev–Trinajstić information content (AvgIpc) is 2.73. The van der Waals surface area contributed by atoms with Crippen molar-refractivity contribution in [3.8, 4) is 0 Å². The number of guanidine groups is 1. The van der Waals surface area contributed by atoms with Crippen molar-refractivity contribution in [2.24, 2.45) is 10.7 Å². The molecule has 2 aromatic carbocycles. The molecule has 0 aromatic heterocycles. The van der Waals surface area contributed by atoms with Crippen LogP contribution >= 0.6 is 0 Å². The largest absolute Gasteiger partial charge is 0.370 e. The molecule has 1 heterocycles. The van der Waals surface area contributed by atoms with Crippen LogP contribution in [0.15, 0.2) is 71.7 Å². The number of nitrogens with two attached hydrogens (primary N) is 1. The topological polar surface area (TPSA) is 56.9 Å². The van der Waals surface area contributed by atoms with Crippen LogP contribution in [0.3, 0.4) is 0 Å². The minimum atomic E-state index is 0.467. The van der Waals surface area contributed by atoms with E-state index in [0.717, 1.165) is 38.3 Å². The van der Waals surface area contributed by atoms with Crippen LogP contribution in [0.4, 0.5) is 5.69 Å². The van der Waals surface area contributed by atoms with Crippen LogP contribution in [0.2, 0.25) is 0 Å². The molecule has 1 saturated heterocycles. The number of benzene rings is 2. The predicted octanol–water partition coefficient (Wildman–Crippen LogP) is 2.99. The van der Waals surface area contributed by atoms with Crippen LogP contribution in [-0.2, 0) is 13.1 Å². The smallest absolute Gasteiger partial charge is 0.189 e. The molecule has 1 fully saturated rings. The van der Waals surface area contributed by atoms with Gasteiger partial charge in [0.1, 0.15) is 0 Å². The lowest BCUT2D eigenvalue weighted by Gasteiger charge is -2.36. The van der Waals surface area contributed by atoms with E-state index in [1.807, 2.05) is 6.92 Å². The normalized spacial score (nSPS) is 15.5. The second-order valence-electron chi connectivity index (χ2n) is 7.38. The van der Waals surface area contributed by atoms with Crippen LogP contribution < -0.4 is 16.0 Å². The number of hydrogen-bond acceptors (Lipinski definition) is 3. The molecule has 5 heteroatoms. The Bertz CT molecular complexity index is 792. The first-order valence-electron chi connectivity index (χ1n) is 9.89. The maximum Gasteiger partial charge on any atom is 0.189 e. The van der Waals surface area contributed by atoms with E-state index in [1.165, 1.54) is 16.8 Å². The van der Waals surface area contributed by atoms with Crippen LogP contribution in [-0.4, -0.2) is 43.6 Å². The highest BCUT2D eigenvalue weighted by Crippen LogP contribution is 2.18. The first-order valence-corrected chi connectivity index (χ1v) is 9.89. The van der Waals surface area contributed by atoms with Crippen LogP contribution in [0.1, 0.15) is 18.1 Å². The zero-order valence-electron chi connectivity index (χ0n) is 16.8. The van der Waals surface area contributed by atoms with Crippen molar-refractivity contribution in [2.45, 2.75) is 20.0 Å². The monoisotopic (exact) mass is 377 g/mol. The summed E-state index contributed by atoms with van der Waals surface area (Å²) in [7, 11) is 0. The summed E-state index contributed by atoms with van der Waals surface area (Å²) in [5, 5.41) is 3.09. The molecular weight excluding hydrogens is 346 g/mol. The molecule has 0 atom stereocenters. The summed E-state index contributed by atoms with van der Waals surface area (Å²) in [5.74, 6) is 0.467. The quantitative estimate of drug-likeness (QED) is 0.442. The first-order chi connectivity index (χ1) is 13.6. The minimum Gasteiger partial charge on any atom is -0.370 e. The van der Waals surface area contributed by atoms with Gasteiger partial charge in [0, 0.05) is 45.0 Å². The SMILES string of the molecule is C=C(C)CNC(N)=NCc1ccccc1CN1CCN(c2ccccc2)CC1. The Morgan fingerprint density at radius 3 is 2.32 bits per heavy atom. The summed E-state index contributed by atoms with van der Waals surface area (Å²) in [6.07, 6.45) is 0. The summed E-state index contributed by atoms with van der Waals surface area (Å²) >= 11 is 0. The number of para-hydroxylation sites is 1. The van der Waals surface area contributed by atoms with Gasteiger partial charge in [-0.25, -0.2) is 4.99 Å². The summed E-state index contributed by atoms with van der Waals surface area (Å²) in [4.78, 5) is 9.46. The first kappa shape index (κ1) is 20.0. The summed E-state index contributed by atoms with van der Waals surface area (Å²) in [6, 6.07) is 19.2. The van der Waals surface area contributed by atoms with E-state index in [-0.39, 0.29) is 0 Å². The van der Waals surface area contributed by atoms with Gasteiger partial charge in [-0.1, -0.05) is 54.6 Å². The Morgan fingerprint density at radius 2 is 1.64 bits per heavy atom. The number of nitrogens with zero attached hydrogens (tertiary/aromatic N) is 3. The molecule has 148 valence electrons. The molecule has 0 unspecified atom stereocenters. The van der Waals surface area contributed by atoms with Crippen molar-refractivity contribution in [3.63, 3.8) is 0 Å². The molecule has 1 aliphatic rings. The Hall–Kier alpha value is -2.79. The number of anilines is 1. The predicted molar refractivity (Wildman–Crippen MR) is 119 cm³/mol. The number of hydrogen-bond donors (Lipinski definition) is 2. The van der Waals surface area contributed by atoms with Gasteiger partial charge in [0.25, 0.3) is 0 Å². The molecule has 3 rings (SSSR count). The Morgan fingerprint density at radius 1 is 1.00 bits per heavy atom. The van der Waals surface area contributed by atoms with Crippen LogP contribution in [0.25, 0.3) is 0 Å². The van der Waals surface area contributed by atoms with Crippen molar-refractivity contribution in [3.05, 3.63) is 77.9 Å². The summed E-state index contributed by atoms with van der Waals surface area (Å²) < 4.78 is 0. The lowest BCUT2D eigenvalue weighted by atomic mass is 10.1. The fourth-order valence-corrected chi connectivity index (χ4v) is 3.38. The standard InChI is InChI=1S/C23H31N5/c1-19(2)16-25-23(24)26-17-20-8-6-7-9-21(20)18-27-12-14-28(15-13-27)22-10-4-3-5-11-22/h3-11H,1,12-18H2,2H3,(H3,24,25,26). The van der Waals surface area contributed by atoms with Gasteiger partial charge in [0.2, 0.25) is 0 Å². The molecule has 5 nitrogen and oxygen atoms in total. The summed E-state index contributed by atoms with van der Waals surface area (Å²) in [5.41, 5.74) is 10.9. The molecule has 0 aliphatic carbocycles. The third-order valence-corrected chi connectivity index (χ3v) is 5.00. The fraction of sp³-hybridized carbons (Fsp3) is 0.348. The minimum absolute atomic E-state index is 0.467. The average molecular weight is 378 g/mol. The zero-order valence-corrected chi connectivity index (χ0v) is 16.8. The van der Waals surface area contributed by atoms with E-state index >= 15 is 0 Å². The van der Waals surface area contributed by atoms with E-state index in [0.29, 0.717) is 19.0 Å². The van der Waals surface area contributed by atoms with Crippen molar-refractivity contribution in [1.82, 2.24) is 10.2 Å². The number of aliphatic imine (C=N–C) groups is 1. The molecule has 0 radical (unpaired) electrons. The maximum absolute atomic E-state index is 5.96. The highest BCUT2D eigenvalue weighted by Gasteiger charge is 2.18. The second kappa shape index (κ2) is 9.95. The maximum atomic E-state index is 5.96. The molecule has 28 heavy (non-hydrogen) atoms. The van der Waals surface area contributed by atoms with E-state index in [1.54, 1.807) is 0 Å². The van der Waals surface area contributed by atoms with Gasteiger partial charge in [0.05, 0.1) is 6.54 Å². The number of rotatable bonds is 7. The molecule has 0 spiro atoms. The van der Waals surface area contributed by atoms with Gasteiger partial charge < -0.3 is 16.0 Å². The highest BCUT2D eigenvalue weighted by atomic mass is 15.3. The van der Waals surface area contributed by atoms with Gasteiger partial charge in [-0.05, 0) is 30.2 Å². The third-order valence-electron chi connectivity index (χ3n) is 5.00. The van der Waals surface area contributed by atoms with Crippen molar-refractivity contribution < 1.29 is 0 Å².